The lowest BCUT2D eigenvalue weighted by Crippen LogP contribution is -2.16. The van der Waals surface area contributed by atoms with E-state index in [4.69, 9.17) is 0 Å². The first-order valence-electron chi connectivity index (χ1n) is 6.58. The van der Waals surface area contributed by atoms with E-state index in [9.17, 15) is 4.39 Å². The van der Waals surface area contributed by atoms with Crippen molar-refractivity contribution in [3.63, 3.8) is 0 Å². The summed E-state index contributed by atoms with van der Waals surface area (Å²) in [5.74, 6) is 0.518. The third kappa shape index (κ3) is 3.58. The fourth-order valence-corrected chi connectivity index (χ4v) is 1.99. The first kappa shape index (κ1) is 12.2. The van der Waals surface area contributed by atoms with Crippen molar-refractivity contribution in [2.24, 2.45) is 0 Å². The number of nitrogens with zero attached hydrogens (tertiary/aromatic N) is 2. The largest absolute Gasteiger partial charge is 0.308 e. The number of hydrogen-bond acceptors (Lipinski definition) is 3. The predicted molar refractivity (Wildman–Crippen MR) is 71.1 cm³/mol. The first-order valence-corrected chi connectivity index (χ1v) is 6.58. The Hall–Kier alpha value is -1.81. The van der Waals surface area contributed by atoms with Crippen LogP contribution in [0.2, 0.25) is 0 Å². The average Bonchev–Trinajstić information content (AvgIpc) is 3.21. The molecular formula is C15H16FN3. The fraction of sp³-hybridized carbons (Fsp3) is 0.333. The van der Waals surface area contributed by atoms with Gasteiger partial charge in [-0.3, -0.25) is 0 Å². The van der Waals surface area contributed by atoms with E-state index in [1.165, 1.54) is 25.0 Å². The maximum Gasteiger partial charge on any atom is 0.132 e. The van der Waals surface area contributed by atoms with Crippen LogP contribution in [0.1, 0.15) is 29.9 Å². The molecule has 1 fully saturated rings. The fourth-order valence-electron chi connectivity index (χ4n) is 1.99. The van der Waals surface area contributed by atoms with Crippen LogP contribution >= 0.6 is 0 Å². The second-order valence-corrected chi connectivity index (χ2v) is 4.93. The smallest absolute Gasteiger partial charge is 0.132 e. The minimum atomic E-state index is -0.218. The second kappa shape index (κ2) is 5.45. The summed E-state index contributed by atoms with van der Waals surface area (Å²) >= 11 is 0. The number of rotatable bonds is 5. The lowest BCUT2D eigenvalue weighted by atomic mass is 10.1. The molecule has 1 heterocycles. The van der Waals surface area contributed by atoms with Crippen molar-refractivity contribution in [2.75, 3.05) is 0 Å². The molecule has 1 aliphatic rings. The molecule has 1 N–H and O–H groups in total. The Morgan fingerprint density at radius 1 is 1.26 bits per heavy atom. The Balaban J connectivity index is 1.67. The molecule has 4 heteroatoms. The summed E-state index contributed by atoms with van der Waals surface area (Å²) < 4.78 is 13.1. The lowest BCUT2D eigenvalue weighted by molar-refractivity contribution is 0.625. The average molecular weight is 257 g/mol. The van der Waals surface area contributed by atoms with Gasteiger partial charge in [-0.05, 0) is 36.6 Å². The molecule has 1 aromatic carbocycles. The molecule has 3 rings (SSSR count). The topological polar surface area (TPSA) is 37.8 Å². The van der Waals surface area contributed by atoms with Crippen LogP contribution in [0, 0.1) is 5.82 Å². The molecule has 1 aromatic heterocycles. The summed E-state index contributed by atoms with van der Waals surface area (Å²) in [6, 6.07) is 9.16. The van der Waals surface area contributed by atoms with Crippen molar-refractivity contribution in [3.8, 4) is 0 Å². The van der Waals surface area contributed by atoms with Crippen LogP contribution in [0.5, 0.6) is 0 Å². The van der Waals surface area contributed by atoms with Crippen LogP contribution in [-0.2, 0) is 13.0 Å². The highest BCUT2D eigenvalue weighted by molar-refractivity contribution is 5.20. The lowest BCUT2D eigenvalue weighted by Gasteiger charge is -2.05. The molecule has 0 spiro atoms. The minimum Gasteiger partial charge on any atom is -0.308 e. The Labute approximate surface area is 111 Å². The van der Waals surface area contributed by atoms with Crippen LogP contribution < -0.4 is 5.32 Å². The monoisotopic (exact) mass is 257 g/mol. The van der Waals surface area contributed by atoms with Gasteiger partial charge < -0.3 is 5.32 Å². The van der Waals surface area contributed by atoms with Crippen molar-refractivity contribution in [2.45, 2.75) is 31.8 Å². The Morgan fingerprint density at radius 2 is 2.16 bits per heavy atom. The van der Waals surface area contributed by atoms with E-state index in [1.807, 2.05) is 12.1 Å². The highest BCUT2D eigenvalue weighted by atomic mass is 19.1. The number of nitrogens with one attached hydrogen (secondary N) is 1. The van der Waals surface area contributed by atoms with Crippen molar-refractivity contribution < 1.29 is 4.39 Å². The summed E-state index contributed by atoms with van der Waals surface area (Å²) in [4.78, 5) is 8.75. The van der Waals surface area contributed by atoms with Gasteiger partial charge in [0, 0.05) is 25.2 Å². The maximum atomic E-state index is 13.1. The highest BCUT2D eigenvalue weighted by Crippen LogP contribution is 2.19. The van der Waals surface area contributed by atoms with Crippen LogP contribution in [-0.4, -0.2) is 16.0 Å². The second-order valence-electron chi connectivity index (χ2n) is 4.93. The molecule has 0 aliphatic heterocycles. The number of halogens is 1. The molecule has 0 bridgehead atoms. The standard InChI is InChI=1S/C15H16FN3/c16-12-3-1-2-11(8-12)9-15-17-7-6-14(19-15)10-18-13-4-5-13/h1-3,6-8,13,18H,4-5,9-10H2. The Morgan fingerprint density at radius 3 is 2.95 bits per heavy atom. The third-order valence-corrected chi connectivity index (χ3v) is 3.16. The minimum absolute atomic E-state index is 0.218. The summed E-state index contributed by atoms with van der Waals surface area (Å²) in [7, 11) is 0. The molecule has 0 atom stereocenters. The quantitative estimate of drug-likeness (QED) is 0.894. The van der Waals surface area contributed by atoms with Gasteiger partial charge in [-0.2, -0.15) is 0 Å². The predicted octanol–water partition coefficient (Wildman–Crippen LogP) is 2.46. The normalized spacial score (nSPS) is 14.6. The van der Waals surface area contributed by atoms with E-state index in [0.29, 0.717) is 12.5 Å². The summed E-state index contributed by atoms with van der Waals surface area (Å²) in [6.07, 6.45) is 4.86. The highest BCUT2D eigenvalue weighted by Gasteiger charge is 2.20. The van der Waals surface area contributed by atoms with Gasteiger partial charge in [-0.25, -0.2) is 14.4 Å². The molecule has 0 radical (unpaired) electrons. The molecule has 19 heavy (non-hydrogen) atoms. The van der Waals surface area contributed by atoms with Crippen LogP contribution in [0.15, 0.2) is 36.5 Å². The Kier molecular flexibility index (Phi) is 3.51. The molecule has 1 saturated carbocycles. The molecule has 98 valence electrons. The summed E-state index contributed by atoms with van der Waals surface area (Å²) in [5, 5.41) is 3.42. The van der Waals surface area contributed by atoms with Gasteiger partial charge in [0.25, 0.3) is 0 Å². The molecular weight excluding hydrogens is 241 g/mol. The van der Waals surface area contributed by atoms with Crippen LogP contribution in [0.25, 0.3) is 0 Å². The molecule has 1 aliphatic carbocycles. The maximum absolute atomic E-state index is 13.1. The summed E-state index contributed by atoms with van der Waals surface area (Å²) in [6.45, 7) is 0.781. The van der Waals surface area contributed by atoms with E-state index in [-0.39, 0.29) is 5.82 Å². The number of hydrogen-bond donors (Lipinski definition) is 1. The summed E-state index contributed by atoms with van der Waals surface area (Å²) in [5.41, 5.74) is 1.89. The zero-order valence-electron chi connectivity index (χ0n) is 10.6. The van der Waals surface area contributed by atoms with Crippen molar-refractivity contribution in [3.05, 3.63) is 59.4 Å². The van der Waals surface area contributed by atoms with Crippen molar-refractivity contribution in [1.82, 2.24) is 15.3 Å². The SMILES string of the molecule is Fc1cccc(Cc2nccc(CNC3CC3)n2)c1. The van der Waals surface area contributed by atoms with Gasteiger partial charge >= 0.3 is 0 Å². The van der Waals surface area contributed by atoms with Gasteiger partial charge in [0.15, 0.2) is 0 Å². The zero-order chi connectivity index (χ0) is 13.1. The van der Waals surface area contributed by atoms with Gasteiger partial charge in [0.2, 0.25) is 0 Å². The van der Waals surface area contributed by atoms with E-state index in [1.54, 1.807) is 12.3 Å². The molecule has 3 nitrogen and oxygen atoms in total. The van der Waals surface area contributed by atoms with Gasteiger partial charge in [0.05, 0.1) is 5.69 Å². The molecule has 2 aromatic rings. The zero-order valence-corrected chi connectivity index (χ0v) is 10.6. The van der Waals surface area contributed by atoms with Crippen LogP contribution in [0.3, 0.4) is 0 Å². The first-order chi connectivity index (χ1) is 9.29. The van der Waals surface area contributed by atoms with Crippen molar-refractivity contribution >= 4 is 0 Å². The molecule has 0 unspecified atom stereocenters. The molecule has 0 saturated heterocycles. The van der Waals surface area contributed by atoms with Gasteiger partial charge in [-0.15, -0.1) is 0 Å². The molecule has 0 amide bonds. The van der Waals surface area contributed by atoms with E-state index in [2.05, 4.69) is 15.3 Å². The number of benzene rings is 1. The van der Waals surface area contributed by atoms with Crippen molar-refractivity contribution in [1.29, 1.82) is 0 Å². The van der Waals surface area contributed by atoms with E-state index in [0.717, 1.165) is 23.6 Å². The van der Waals surface area contributed by atoms with Gasteiger partial charge in [-0.1, -0.05) is 12.1 Å². The third-order valence-electron chi connectivity index (χ3n) is 3.16. The van der Waals surface area contributed by atoms with E-state index >= 15 is 0 Å². The van der Waals surface area contributed by atoms with Crippen LogP contribution in [0.4, 0.5) is 4.39 Å². The van der Waals surface area contributed by atoms with Gasteiger partial charge in [0.1, 0.15) is 11.6 Å². The number of aromatic nitrogens is 2. The van der Waals surface area contributed by atoms with E-state index < -0.39 is 0 Å². The Bertz CT molecular complexity index is 567.